The van der Waals surface area contributed by atoms with Crippen LogP contribution in [0, 0.1) is 0 Å². The Hall–Kier alpha value is -1.44. The van der Waals surface area contributed by atoms with Gasteiger partial charge in [-0.2, -0.15) is 0 Å². The van der Waals surface area contributed by atoms with E-state index in [1.54, 1.807) is 6.21 Å². The fourth-order valence-corrected chi connectivity index (χ4v) is 1.36. The highest BCUT2D eigenvalue weighted by molar-refractivity contribution is 5.71. The van der Waals surface area contributed by atoms with E-state index < -0.39 is 0 Å². The Kier molecular flexibility index (Phi) is 3.40. The summed E-state index contributed by atoms with van der Waals surface area (Å²) in [7, 11) is 0. The molecular formula is C13H18N2. The molecule has 1 aromatic rings. The third kappa shape index (κ3) is 2.75. The minimum atomic E-state index is 0.133. The van der Waals surface area contributed by atoms with Crippen LogP contribution in [0.4, 0.5) is 11.4 Å². The van der Waals surface area contributed by atoms with Gasteiger partial charge in [-0.25, -0.2) is 0 Å². The summed E-state index contributed by atoms with van der Waals surface area (Å²) in [6.07, 6.45) is 1.76. The maximum atomic E-state index is 4.24. The molecule has 0 aliphatic rings. The molecular weight excluding hydrogens is 184 g/mol. The summed E-state index contributed by atoms with van der Waals surface area (Å²) in [5.74, 6) is 0. The molecule has 80 valence electrons. The minimum Gasteiger partial charge on any atom is -0.262 e. The SMILES string of the molecule is C=Nc1cc(C(C)(C)C)ccc1N=CC. The van der Waals surface area contributed by atoms with Crippen molar-refractivity contribution in [1.29, 1.82) is 0 Å². The van der Waals surface area contributed by atoms with E-state index in [1.165, 1.54) is 5.56 Å². The van der Waals surface area contributed by atoms with Crippen LogP contribution in [0.3, 0.4) is 0 Å². The van der Waals surface area contributed by atoms with Crippen LogP contribution >= 0.6 is 0 Å². The summed E-state index contributed by atoms with van der Waals surface area (Å²) >= 11 is 0. The predicted molar refractivity (Wildman–Crippen MR) is 68.2 cm³/mol. The number of nitrogens with zero attached hydrogens (tertiary/aromatic N) is 2. The Morgan fingerprint density at radius 3 is 2.33 bits per heavy atom. The molecule has 0 radical (unpaired) electrons. The Morgan fingerprint density at radius 2 is 1.87 bits per heavy atom. The summed E-state index contributed by atoms with van der Waals surface area (Å²) in [4.78, 5) is 8.24. The largest absolute Gasteiger partial charge is 0.262 e. The van der Waals surface area contributed by atoms with E-state index in [1.807, 2.05) is 13.0 Å². The first-order valence-corrected chi connectivity index (χ1v) is 5.09. The number of hydrogen-bond donors (Lipinski definition) is 0. The monoisotopic (exact) mass is 202 g/mol. The average molecular weight is 202 g/mol. The summed E-state index contributed by atoms with van der Waals surface area (Å²) < 4.78 is 0. The van der Waals surface area contributed by atoms with Crippen LogP contribution in [0.1, 0.15) is 33.3 Å². The van der Waals surface area contributed by atoms with Gasteiger partial charge in [-0.05, 0) is 36.8 Å². The Labute approximate surface area is 91.8 Å². The molecule has 0 heterocycles. The average Bonchev–Trinajstić information content (AvgIpc) is 2.17. The molecule has 15 heavy (non-hydrogen) atoms. The van der Waals surface area contributed by atoms with Gasteiger partial charge in [-0.1, -0.05) is 26.8 Å². The van der Waals surface area contributed by atoms with Gasteiger partial charge >= 0.3 is 0 Å². The van der Waals surface area contributed by atoms with Crippen molar-refractivity contribution in [3.8, 4) is 0 Å². The van der Waals surface area contributed by atoms with E-state index in [-0.39, 0.29) is 5.41 Å². The first-order valence-electron chi connectivity index (χ1n) is 5.09. The van der Waals surface area contributed by atoms with E-state index in [0.29, 0.717) is 0 Å². The van der Waals surface area contributed by atoms with E-state index in [2.05, 4.69) is 49.6 Å². The third-order valence-electron chi connectivity index (χ3n) is 2.28. The molecule has 0 bridgehead atoms. The molecule has 0 saturated carbocycles. The van der Waals surface area contributed by atoms with Crippen molar-refractivity contribution >= 4 is 24.3 Å². The molecule has 0 aliphatic carbocycles. The van der Waals surface area contributed by atoms with Crippen molar-refractivity contribution in [2.24, 2.45) is 9.98 Å². The normalized spacial score (nSPS) is 12.0. The molecule has 2 heteroatoms. The summed E-state index contributed by atoms with van der Waals surface area (Å²) in [6, 6.07) is 6.14. The van der Waals surface area contributed by atoms with Crippen LogP contribution in [0.25, 0.3) is 0 Å². The van der Waals surface area contributed by atoms with Crippen molar-refractivity contribution in [2.45, 2.75) is 33.1 Å². The quantitative estimate of drug-likeness (QED) is 0.647. The van der Waals surface area contributed by atoms with E-state index in [4.69, 9.17) is 0 Å². The van der Waals surface area contributed by atoms with Crippen LogP contribution in [0.15, 0.2) is 28.2 Å². The van der Waals surface area contributed by atoms with Gasteiger partial charge in [0, 0.05) is 6.21 Å². The highest BCUT2D eigenvalue weighted by Crippen LogP contribution is 2.33. The fraction of sp³-hybridized carbons (Fsp3) is 0.385. The lowest BCUT2D eigenvalue weighted by Gasteiger charge is -2.19. The van der Waals surface area contributed by atoms with Gasteiger partial charge in [-0.15, -0.1) is 0 Å². The van der Waals surface area contributed by atoms with Gasteiger partial charge in [0.05, 0.1) is 11.4 Å². The summed E-state index contributed by atoms with van der Waals surface area (Å²) in [6.45, 7) is 12.0. The molecule has 0 atom stereocenters. The van der Waals surface area contributed by atoms with Crippen molar-refractivity contribution in [3.63, 3.8) is 0 Å². The zero-order valence-electron chi connectivity index (χ0n) is 9.91. The molecule has 0 unspecified atom stereocenters. The Morgan fingerprint density at radius 1 is 1.20 bits per heavy atom. The first kappa shape index (κ1) is 11.6. The van der Waals surface area contributed by atoms with Crippen molar-refractivity contribution in [3.05, 3.63) is 23.8 Å². The molecule has 0 N–H and O–H groups in total. The van der Waals surface area contributed by atoms with Gasteiger partial charge in [0.25, 0.3) is 0 Å². The Bertz CT molecular complexity index is 384. The third-order valence-corrected chi connectivity index (χ3v) is 2.28. The lowest BCUT2D eigenvalue weighted by atomic mass is 9.86. The Balaban J connectivity index is 3.25. The molecule has 0 spiro atoms. The van der Waals surface area contributed by atoms with Gasteiger partial charge in [0.15, 0.2) is 0 Å². The molecule has 2 nitrogen and oxygen atoms in total. The first-order chi connectivity index (χ1) is 6.99. The zero-order valence-corrected chi connectivity index (χ0v) is 9.91. The highest BCUT2D eigenvalue weighted by Gasteiger charge is 2.14. The van der Waals surface area contributed by atoms with Gasteiger partial charge in [0.2, 0.25) is 0 Å². The van der Waals surface area contributed by atoms with E-state index in [9.17, 15) is 0 Å². The highest BCUT2D eigenvalue weighted by atomic mass is 14.8. The molecule has 1 rings (SSSR count). The summed E-state index contributed by atoms with van der Waals surface area (Å²) in [5.41, 5.74) is 3.11. The fourth-order valence-electron chi connectivity index (χ4n) is 1.36. The number of rotatable bonds is 2. The molecule has 0 amide bonds. The molecule has 0 aliphatic heterocycles. The second-order valence-electron chi connectivity index (χ2n) is 4.50. The molecule has 0 saturated heterocycles. The lowest BCUT2D eigenvalue weighted by molar-refractivity contribution is 0.590. The van der Waals surface area contributed by atoms with Gasteiger partial charge in [0.1, 0.15) is 0 Å². The molecule has 0 aromatic heterocycles. The predicted octanol–water partition coefficient (Wildman–Crippen LogP) is 4.04. The maximum absolute atomic E-state index is 4.24. The molecule has 1 aromatic carbocycles. The lowest BCUT2D eigenvalue weighted by Crippen LogP contribution is -2.10. The van der Waals surface area contributed by atoms with Gasteiger partial charge < -0.3 is 0 Å². The second-order valence-corrected chi connectivity index (χ2v) is 4.50. The van der Waals surface area contributed by atoms with Gasteiger partial charge in [-0.3, -0.25) is 9.98 Å². The van der Waals surface area contributed by atoms with E-state index >= 15 is 0 Å². The maximum Gasteiger partial charge on any atom is 0.0881 e. The van der Waals surface area contributed by atoms with Crippen molar-refractivity contribution in [2.75, 3.05) is 0 Å². The van der Waals surface area contributed by atoms with Crippen LogP contribution in [0.5, 0.6) is 0 Å². The topological polar surface area (TPSA) is 24.7 Å². The van der Waals surface area contributed by atoms with Crippen molar-refractivity contribution in [1.82, 2.24) is 0 Å². The second kappa shape index (κ2) is 4.39. The number of aliphatic imine (C=N–C) groups is 2. The van der Waals surface area contributed by atoms with Crippen LogP contribution in [0.2, 0.25) is 0 Å². The van der Waals surface area contributed by atoms with E-state index in [0.717, 1.165) is 11.4 Å². The van der Waals surface area contributed by atoms with Crippen LogP contribution in [-0.4, -0.2) is 12.9 Å². The van der Waals surface area contributed by atoms with Crippen LogP contribution in [-0.2, 0) is 5.41 Å². The smallest absolute Gasteiger partial charge is 0.0881 e. The molecule has 0 fully saturated rings. The number of benzene rings is 1. The summed E-state index contributed by atoms with van der Waals surface area (Å²) in [5, 5.41) is 0. The minimum absolute atomic E-state index is 0.133. The van der Waals surface area contributed by atoms with Crippen LogP contribution < -0.4 is 0 Å². The number of hydrogen-bond acceptors (Lipinski definition) is 2. The standard InChI is InChI=1S/C13H18N2/c1-6-15-11-8-7-10(13(2,3)4)9-12(11)14-5/h6-9H,5H2,1-4H3. The van der Waals surface area contributed by atoms with Crippen molar-refractivity contribution < 1.29 is 0 Å². The zero-order chi connectivity index (χ0) is 11.5.